The van der Waals surface area contributed by atoms with E-state index in [-0.39, 0.29) is 6.04 Å². The van der Waals surface area contributed by atoms with E-state index in [1.54, 1.807) is 0 Å². The summed E-state index contributed by atoms with van der Waals surface area (Å²) in [4.78, 5) is 4.75. The highest BCUT2D eigenvalue weighted by Gasteiger charge is 2.15. The summed E-state index contributed by atoms with van der Waals surface area (Å²) in [5, 5.41) is 4.65. The zero-order valence-corrected chi connectivity index (χ0v) is 12.5. The molecule has 108 valence electrons. The van der Waals surface area contributed by atoms with Crippen LogP contribution in [0, 0.1) is 6.92 Å². The van der Waals surface area contributed by atoms with Crippen molar-refractivity contribution in [1.29, 1.82) is 0 Å². The Balaban J connectivity index is 1.86. The number of furan rings is 1. The third-order valence-corrected chi connectivity index (χ3v) is 3.62. The van der Waals surface area contributed by atoms with E-state index >= 15 is 0 Å². The van der Waals surface area contributed by atoms with Gasteiger partial charge < -0.3 is 9.73 Å². The number of hydrogen-bond donors (Lipinski definition) is 1. The first-order valence-corrected chi connectivity index (χ1v) is 7.40. The largest absolute Gasteiger partial charge is 0.465 e. The van der Waals surface area contributed by atoms with Crippen molar-refractivity contribution in [3.8, 4) is 0 Å². The van der Waals surface area contributed by atoms with Crippen molar-refractivity contribution >= 4 is 10.9 Å². The average molecular weight is 280 g/mol. The molecule has 0 aliphatic carbocycles. The molecule has 2 aromatic heterocycles. The topological polar surface area (TPSA) is 38.1 Å². The Morgan fingerprint density at radius 1 is 1.10 bits per heavy atom. The second-order valence-corrected chi connectivity index (χ2v) is 5.26. The first-order valence-electron chi connectivity index (χ1n) is 7.40. The van der Waals surface area contributed by atoms with Crippen LogP contribution in [0.3, 0.4) is 0 Å². The molecule has 0 aliphatic heterocycles. The zero-order chi connectivity index (χ0) is 14.7. The van der Waals surface area contributed by atoms with Crippen LogP contribution in [0.5, 0.6) is 0 Å². The summed E-state index contributed by atoms with van der Waals surface area (Å²) < 4.78 is 5.77. The Hall–Kier alpha value is -2.13. The van der Waals surface area contributed by atoms with Crippen molar-refractivity contribution in [3.63, 3.8) is 0 Å². The molecule has 0 amide bonds. The van der Waals surface area contributed by atoms with Gasteiger partial charge in [-0.3, -0.25) is 4.98 Å². The van der Waals surface area contributed by atoms with Crippen LogP contribution >= 0.6 is 0 Å². The van der Waals surface area contributed by atoms with Gasteiger partial charge in [0.1, 0.15) is 11.5 Å². The molecule has 0 spiro atoms. The van der Waals surface area contributed by atoms with Crippen molar-refractivity contribution in [1.82, 2.24) is 10.3 Å². The fraction of sp³-hybridized carbons (Fsp3) is 0.278. The molecule has 3 aromatic rings. The van der Waals surface area contributed by atoms with Crippen LogP contribution in [0.1, 0.15) is 30.2 Å². The van der Waals surface area contributed by atoms with Crippen LogP contribution in [0.2, 0.25) is 0 Å². The lowest BCUT2D eigenvalue weighted by Gasteiger charge is -2.15. The Morgan fingerprint density at radius 3 is 2.71 bits per heavy atom. The van der Waals surface area contributed by atoms with Gasteiger partial charge in [0.15, 0.2) is 0 Å². The number of likely N-dealkylation sites (N-methyl/N-ethyl adjacent to an activating group) is 1. The van der Waals surface area contributed by atoms with E-state index in [1.807, 2.05) is 31.2 Å². The Labute approximate surface area is 125 Å². The molecule has 2 heterocycles. The maximum absolute atomic E-state index is 5.77. The van der Waals surface area contributed by atoms with Gasteiger partial charge in [-0.2, -0.15) is 0 Å². The second-order valence-electron chi connectivity index (χ2n) is 5.26. The lowest BCUT2D eigenvalue weighted by molar-refractivity contribution is 0.402. The molecule has 0 bridgehead atoms. The van der Waals surface area contributed by atoms with Crippen LogP contribution in [0.4, 0.5) is 0 Å². The zero-order valence-electron chi connectivity index (χ0n) is 12.5. The van der Waals surface area contributed by atoms with E-state index in [4.69, 9.17) is 9.40 Å². The number of nitrogens with one attached hydrogen (secondary N) is 1. The monoisotopic (exact) mass is 280 g/mol. The smallest absolute Gasteiger partial charge is 0.121 e. The van der Waals surface area contributed by atoms with Gasteiger partial charge in [-0.1, -0.05) is 31.2 Å². The third-order valence-electron chi connectivity index (χ3n) is 3.62. The highest BCUT2D eigenvalue weighted by Crippen LogP contribution is 2.21. The minimum Gasteiger partial charge on any atom is -0.465 e. The van der Waals surface area contributed by atoms with Crippen molar-refractivity contribution in [2.45, 2.75) is 26.3 Å². The normalized spacial score (nSPS) is 12.7. The summed E-state index contributed by atoms with van der Waals surface area (Å²) in [5.41, 5.74) is 2.12. The number of nitrogens with zero attached hydrogens (tertiary/aromatic N) is 1. The van der Waals surface area contributed by atoms with Crippen LogP contribution in [-0.2, 0) is 6.42 Å². The third kappa shape index (κ3) is 3.14. The van der Waals surface area contributed by atoms with Gasteiger partial charge in [-0.05, 0) is 37.7 Å². The van der Waals surface area contributed by atoms with Gasteiger partial charge in [0.2, 0.25) is 0 Å². The Morgan fingerprint density at radius 2 is 1.95 bits per heavy atom. The maximum atomic E-state index is 5.77. The van der Waals surface area contributed by atoms with E-state index < -0.39 is 0 Å². The van der Waals surface area contributed by atoms with Gasteiger partial charge in [0, 0.05) is 17.5 Å². The van der Waals surface area contributed by atoms with E-state index in [1.165, 1.54) is 5.39 Å². The fourth-order valence-corrected chi connectivity index (χ4v) is 2.59. The fourth-order valence-electron chi connectivity index (χ4n) is 2.59. The first kappa shape index (κ1) is 13.8. The van der Waals surface area contributed by atoms with Gasteiger partial charge in [0.05, 0.1) is 11.6 Å². The van der Waals surface area contributed by atoms with Crippen LogP contribution in [-0.4, -0.2) is 11.5 Å². The highest BCUT2D eigenvalue weighted by molar-refractivity contribution is 5.78. The molecule has 0 aliphatic rings. The summed E-state index contributed by atoms with van der Waals surface area (Å²) in [7, 11) is 0. The molecule has 0 fully saturated rings. The molecule has 0 saturated carbocycles. The molecule has 1 N–H and O–H groups in total. The number of aromatic nitrogens is 1. The Bertz CT molecular complexity index is 733. The predicted molar refractivity (Wildman–Crippen MR) is 85.3 cm³/mol. The van der Waals surface area contributed by atoms with Gasteiger partial charge in [-0.15, -0.1) is 0 Å². The van der Waals surface area contributed by atoms with Crippen LogP contribution in [0.15, 0.2) is 52.9 Å². The minimum atomic E-state index is 0.164. The molecule has 21 heavy (non-hydrogen) atoms. The van der Waals surface area contributed by atoms with Gasteiger partial charge >= 0.3 is 0 Å². The van der Waals surface area contributed by atoms with E-state index in [0.29, 0.717) is 0 Å². The SMILES string of the molecule is CCNC(Cc1ccc2ccccc2n1)c1ccc(C)o1. The molecule has 3 nitrogen and oxygen atoms in total. The maximum Gasteiger partial charge on any atom is 0.121 e. The van der Waals surface area contributed by atoms with Gasteiger partial charge in [0.25, 0.3) is 0 Å². The predicted octanol–water partition coefficient (Wildman–Crippen LogP) is 4.03. The lowest BCUT2D eigenvalue weighted by Crippen LogP contribution is -2.22. The van der Waals surface area contributed by atoms with Crippen LogP contribution in [0.25, 0.3) is 10.9 Å². The Kier molecular flexibility index (Phi) is 4.02. The number of fused-ring (bicyclic) bond motifs is 1. The molecule has 1 atom stereocenters. The summed E-state index contributed by atoms with van der Waals surface area (Å²) in [6.07, 6.45) is 0.825. The van der Waals surface area contributed by atoms with Crippen molar-refractivity contribution in [3.05, 3.63) is 65.7 Å². The standard InChI is InChI=1S/C18H20N2O/c1-3-19-17(18-11-8-13(2)21-18)12-15-10-9-14-6-4-5-7-16(14)20-15/h4-11,17,19H,3,12H2,1-2H3. The van der Waals surface area contributed by atoms with Gasteiger partial charge in [-0.25, -0.2) is 0 Å². The first-order chi connectivity index (χ1) is 10.3. The summed E-state index contributed by atoms with van der Waals surface area (Å²) in [6.45, 7) is 4.98. The highest BCUT2D eigenvalue weighted by atomic mass is 16.3. The molecular formula is C18H20N2O. The molecule has 1 unspecified atom stereocenters. The number of benzene rings is 1. The summed E-state index contributed by atoms with van der Waals surface area (Å²) >= 11 is 0. The van der Waals surface area contributed by atoms with E-state index in [2.05, 4.69) is 36.5 Å². The number of hydrogen-bond acceptors (Lipinski definition) is 3. The second kappa shape index (κ2) is 6.10. The number of para-hydroxylation sites is 1. The molecular weight excluding hydrogens is 260 g/mol. The summed E-state index contributed by atoms with van der Waals surface area (Å²) in [5.74, 6) is 1.92. The lowest BCUT2D eigenvalue weighted by atomic mass is 10.1. The molecule has 3 rings (SSSR count). The minimum absolute atomic E-state index is 0.164. The average Bonchev–Trinajstić information content (AvgIpc) is 2.93. The molecule has 3 heteroatoms. The number of rotatable bonds is 5. The van der Waals surface area contributed by atoms with E-state index in [9.17, 15) is 0 Å². The van der Waals surface area contributed by atoms with E-state index in [0.717, 1.165) is 35.7 Å². The van der Waals surface area contributed by atoms with Crippen molar-refractivity contribution in [2.75, 3.05) is 6.54 Å². The molecule has 0 radical (unpaired) electrons. The molecule has 0 saturated heterocycles. The summed E-state index contributed by atoms with van der Waals surface area (Å²) in [6, 6.07) is 16.7. The number of aryl methyl sites for hydroxylation is 1. The molecule has 1 aromatic carbocycles. The number of pyridine rings is 1. The van der Waals surface area contributed by atoms with Crippen molar-refractivity contribution in [2.24, 2.45) is 0 Å². The van der Waals surface area contributed by atoms with Crippen molar-refractivity contribution < 1.29 is 4.42 Å². The van der Waals surface area contributed by atoms with Crippen LogP contribution < -0.4 is 5.32 Å². The quantitative estimate of drug-likeness (QED) is 0.766.